The summed E-state index contributed by atoms with van der Waals surface area (Å²) in [5, 5.41) is 10.9. The fourth-order valence-corrected chi connectivity index (χ4v) is 3.55. The average molecular weight is 347 g/mol. The maximum Gasteiger partial charge on any atom is 0.194 e. The number of anilines is 1. The van der Waals surface area contributed by atoms with Gasteiger partial charge in [-0.2, -0.15) is 0 Å². The Kier molecular flexibility index (Phi) is 5.74. The summed E-state index contributed by atoms with van der Waals surface area (Å²) < 4.78 is 5.33. The number of guanidine groups is 1. The van der Waals surface area contributed by atoms with E-state index in [0.29, 0.717) is 6.54 Å². The van der Waals surface area contributed by atoms with Gasteiger partial charge in [-0.05, 0) is 30.9 Å². The SMILES string of the molecule is CCNC(=NCc1cc(CC)no1)N1CCN(c2cccs2)CC1. The van der Waals surface area contributed by atoms with Gasteiger partial charge in [0, 0.05) is 38.8 Å². The molecule has 7 heteroatoms. The third-order valence-electron chi connectivity index (χ3n) is 4.09. The van der Waals surface area contributed by atoms with E-state index in [4.69, 9.17) is 9.52 Å². The van der Waals surface area contributed by atoms with Crippen LogP contribution >= 0.6 is 11.3 Å². The Hall–Kier alpha value is -2.02. The van der Waals surface area contributed by atoms with Gasteiger partial charge in [0.25, 0.3) is 0 Å². The third kappa shape index (κ3) is 4.08. The number of aromatic nitrogens is 1. The van der Waals surface area contributed by atoms with Gasteiger partial charge in [0.05, 0.1) is 10.7 Å². The molecule has 1 N–H and O–H groups in total. The second kappa shape index (κ2) is 8.19. The molecular weight excluding hydrogens is 322 g/mol. The van der Waals surface area contributed by atoms with Gasteiger partial charge in [0.15, 0.2) is 11.7 Å². The lowest BCUT2D eigenvalue weighted by molar-refractivity contribution is 0.365. The molecule has 2 aromatic rings. The standard InChI is InChI=1S/C17H25N5OS/c1-3-14-12-15(23-20-14)13-19-17(18-4-2)22-9-7-21(8-10-22)16-6-5-11-24-16/h5-6,11-12H,3-4,7-10,13H2,1-2H3,(H,18,19). The van der Waals surface area contributed by atoms with Gasteiger partial charge in [-0.15, -0.1) is 11.3 Å². The predicted octanol–water partition coefficient (Wildman–Crippen LogP) is 2.59. The summed E-state index contributed by atoms with van der Waals surface area (Å²) in [6.45, 7) is 9.55. The first-order valence-corrected chi connectivity index (χ1v) is 9.44. The topological polar surface area (TPSA) is 56.9 Å². The minimum atomic E-state index is 0.528. The molecule has 130 valence electrons. The van der Waals surface area contributed by atoms with Gasteiger partial charge in [0.2, 0.25) is 0 Å². The summed E-state index contributed by atoms with van der Waals surface area (Å²) in [6, 6.07) is 6.29. The van der Waals surface area contributed by atoms with Crippen LogP contribution in [0, 0.1) is 0 Å². The molecule has 0 spiro atoms. The molecule has 1 aliphatic heterocycles. The normalized spacial score (nSPS) is 15.8. The lowest BCUT2D eigenvalue weighted by atomic mass is 10.3. The van der Waals surface area contributed by atoms with Crippen LogP contribution in [-0.2, 0) is 13.0 Å². The van der Waals surface area contributed by atoms with Crippen molar-refractivity contribution >= 4 is 22.3 Å². The lowest BCUT2D eigenvalue weighted by Gasteiger charge is -2.37. The van der Waals surface area contributed by atoms with Gasteiger partial charge in [0.1, 0.15) is 6.54 Å². The highest BCUT2D eigenvalue weighted by Gasteiger charge is 2.20. The summed E-state index contributed by atoms with van der Waals surface area (Å²) in [5.41, 5.74) is 0.981. The van der Waals surface area contributed by atoms with Crippen molar-refractivity contribution in [3.05, 3.63) is 35.0 Å². The van der Waals surface area contributed by atoms with Crippen LogP contribution < -0.4 is 10.2 Å². The molecule has 6 nitrogen and oxygen atoms in total. The van der Waals surface area contributed by atoms with Gasteiger partial charge in [-0.1, -0.05) is 12.1 Å². The van der Waals surface area contributed by atoms with E-state index in [1.54, 1.807) is 11.3 Å². The highest BCUT2D eigenvalue weighted by Crippen LogP contribution is 2.22. The highest BCUT2D eigenvalue weighted by atomic mass is 32.1. The van der Waals surface area contributed by atoms with Crippen LogP contribution in [0.5, 0.6) is 0 Å². The van der Waals surface area contributed by atoms with Crippen LogP contribution in [0.15, 0.2) is 33.1 Å². The molecule has 0 saturated carbocycles. The molecule has 0 aliphatic carbocycles. The molecule has 0 unspecified atom stereocenters. The Balaban J connectivity index is 1.60. The van der Waals surface area contributed by atoms with Gasteiger partial charge in [-0.3, -0.25) is 0 Å². The maximum absolute atomic E-state index is 5.33. The number of rotatable bonds is 5. The number of nitrogens with zero attached hydrogens (tertiary/aromatic N) is 4. The Morgan fingerprint density at radius 1 is 1.33 bits per heavy atom. The van der Waals surface area contributed by atoms with Gasteiger partial charge >= 0.3 is 0 Å². The van der Waals surface area contributed by atoms with Crippen molar-refractivity contribution < 1.29 is 4.52 Å². The second-order valence-electron chi connectivity index (χ2n) is 5.73. The average Bonchev–Trinajstić information content (AvgIpc) is 3.30. The smallest absolute Gasteiger partial charge is 0.194 e. The first kappa shape index (κ1) is 16.8. The van der Waals surface area contributed by atoms with Crippen molar-refractivity contribution in [3.63, 3.8) is 0 Å². The first-order chi connectivity index (χ1) is 11.8. The molecule has 3 rings (SSSR count). The molecule has 0 radical (unpaired) electrons. The molecule has 0 aromatic carbocycles. The summed E-state index contributed by atoms with van der Waals surface area (Å²) in [6.07, 6.45) is 0.887. The number of aryl methyl sites for hydroxylation is 1. The van der Waals surface area contributed by atoms with Crippen LogP contribution in [0.3, 0.4) is 0 Å². The largest absolute Gasteiger partial charge is 0.360 e. The molecule has 0 atom stereocenters. The van der Waals surface area contributed by atoms with Crippen LogP contribution in [0.25, 0.3) is 0 Å². The quantitative estimate of drug-likeness (QED) is 0.665. The Bertz CT molecular complexity index is 644. The molecule has 0 amide bonds. The van der Waals surface area contributed by atoms with Crippen molar-refractivity contribution in [2.24, 2.45) is 4.99 Å². The maximum atomic E-state index is 5.33. The molecule has 3 heterocycles. The zero-order valence-corrected chi connectivity index (χ0v) is 15.2. The summed E-state index contributed by atoms with van der Waals surface area (Å²) in [7, 11) is 0. The van der Waals surface area contributed by atoms with E-state index in [2.05, 4.69) is 51.6 Å². The number of thiophene rings is 1. The van der Waals surface area contributed by atoms with Crippen LogP contribution in [0.2, 0.25) is 0 Å². The van der Waals surface area contributed by atoms with Crippen molar-refractivity contribution in [2.45, 2.75) is 26.8 Å². The Labute approximate surface area is 147 Å². The monoisotopic (exact) mass is 347 g/mol. The van der Waals surface area contributed by atoms with E-state index in [1.807, 2.05) is 6.07 Å². The van der Waals surface area contributed by atoms with E-state index in [1.165, 1.54) is 5.00 Å². The summed E-state index contributed by atoms with van der Waals surface area (Å²) >= 11 is 1.80. The number of nitrogens with one attached hydrogen (secondary N) is 1. The first-order valence-electron chi connectivity index (χ1n) is 8.56. The summed E-state index contributed by atoms with van der Waals surface area (Å²) in [5.74, 6) is 1.78. The molecule has 1 fully saturated rings. The van der Waals surface area contributed by atoms with Crippen molar-refractivity contribution in [2.75, 3.05) is 37.6 Å². The second-order valence-corrected chi connectivity index (χ2v) is 6.66. The van der Waals surface area contributed by atoms with E-state index in [-0.39, 0.29) is 0 Å². The molecule has 0 bridgehead atoms. The number of piperazine rings is 1. The molecule has 24 heavy (non-hydrogen) atoms. The zero-order valence-electron chi connectivity index (χ0n) is 14.4. The minimum Gasteiger partial charge on any atom is -0.360 e. The fourth-order valence-electron chi connectivity index (χ4n) is 2.76. The van der Waals surface area contributed by atoms with Crippen molar-refractivity contribution in [3.8, 4) is 0 Å². The highest BCUT2D eigenvalue weighted by molar-refractivity contribution is 7.14. The van der Waals surface area contributed by atoms with E-state index < -0.39 is 0 Å². The minimum absolute atomic E-state index is 0.528. The third-order valence-corrected chi connectivity index (χ3v) is 5.02. The predicted molar refractivity (Wildman–Crippen MR) is 98.8 cm³/mol. The number of hydrogen-bond acceptors (Lipinski definition) is 5. The molecule has 1 aliphatic rings. The molecule has 2 aromatic heterocycles. The van der Waals surface area contributed by atoms with Gasteiger partial charge < -0.3 is 19.6 Å². The van der Waals surface area contributed by atoms with Crippen molar-refractivity contribution in [1.29, 1.82) is 0 Å². The zero-order chi connectivity index (χ0) is 16.8. The van der Waals surface area contributed by atoms with Crippen LogP contribution in [0.1, 0.15) is 25.3 Å². The van der Waals surface area contributed by atoms with E-state index in [0.717, 1.165) is 56.6 Å². The number of aliphatic imine (C=N–C) groups is 1. The Morgan fingerprint density at radius 3 is 2.79 bits per heavy atom. The Morgan fingerprint density at radius 2 is 2.17 bits per heavy atom. The van der Waals surface area contributed by atoms with E-state index in [9.17, 15) is 0 Å². The van der Waals surface area contributed by atoms with E-state index >= 15 is 0 Å². The molecule has 1 saturated heterocycles. The summed E-state index contributed by atoms with van der Waals surface area (Å²) in [4.78, 5) is 9.49. The number of hydrogen-bond donors (Lipinski definition) is 1. The van der Waals surface area contributed by atoms with Gasteiger partial charge in [-0.25, -0.2) is 4.99 Å². The van der Waals surface area contributed by atoms with Crippen LogP contribution in [0.4, 0.5) is 5.00 Å². The lowest BCUT2D eigenvalue weighted by Crippen LogP contribution is -2.52. The van der Waals surface area contributed by atoms with Crippen LogP contribution in [-0.4, -0.2) is 48.7 Å². The fraction of sp³-hybridized carbons (Fsp3) is 0.529. The van der Waals surface area contributed by atoms with Crippen molar-refractivity contribution in [1.82, 2.24) is 15.4 Å². The molecular formula is C17H25N5OS.